The molecule has 2 unspecified atom stereocenters. The van der Waals surface area contributed by atoms with Gasteiger partial charge in [-0.3, -0.25) is 10.1 Å². The normalized spacial score (nSPS) is 23.2. The minimum Gasteiger partial charge on any atom is -0.389 e. The highest BCUT2D eigenvalue weighted by atomic mass is 16.6. The molecule has 1 aliphatic rings. The van der Waals surface area contributed by atoms with Crippen LogP contribution in [0.1, 0.15) is 0 Å². The smallest absolute Gasteiger partial charge is 0.300 e. The molecular formula is C10H10N4O5. The lowest BCUT2D eigenvalue weighted by molar-refractivity contribution is -0.383. The van der Waals surface area contributed by atoms with E-state index in [9.17, 15) is 20.3 Å². The molecule has 1 aromatic carbocycles. The van der Waals surface area contributed by atoms with E-state index in [1.165, 1.54) is 12.1 Å². The molecule has 2 aromatic rings. The van der Waals surface area contributed by atoms with Gasteiger partial charge in [0, 0.05) is 19.2 Å². The lowest BCUT2D eigenvalue weighted by Gasteiger charge is -2.17. The van der Waals surface area contributed by atoms with Crippen molar-refractivity contribution in [3.05, 3.63) is 22.2 Å². The number of aliphatic hydroxyl groups is 2. The van der Waals surface area contributed by atoms with Gasteiger partial charge < -0.3 is 15.1 Å². The van der Waals surface area contributed by atoms with Gasteiger partial charge in [0.25, 0.3) is 0 Å². The van der Waals surface area contributed by atoms with Crippen molar-refractivity contribution in [2.75, 3.05) is 18.0 Å². The Morgan fingerprint density at radius 3 is 2.53 bits per heavy atom. The van der Waals surface area contributed by atoms with Gasteiger partial charge in [-0.25, -0.2) is 4.63 Å². The van der Waals surface area contributed by atoms with Crippen molar-refractivity contribution in [3.8, 4) is 0 Å². The van der Waals surface area contributed by atoms with Crippen LogP contribution >= 0.6 is 0 Å². The van der Waals surface area contributed by atoms with Crippen LogP contribution in [0.2, 0.25) is 0 Å². The number of benzene rings is 1. The van der Waals surface area contributed by atoms with Gasteiger partial charge in [0.1, 0.15) is 0 Å². The second-order valence-corrected chi connectivity index (χ2v) is 4.36. The summed E-state index contributed by atoms with van der Waals surface area (Å²) < 4.78 is 4.55. The maximum atomic E-state index is 10.9. The maximum absolute atomic E-state index is 10.9. The van der Waals surface area contributed by atoms with E-state index in [1.54, 1.807) is 4.90 Å². The molecule has 9 nitrogen and oxygen atoms in total. The molecule has 2 atom stereocenters. The Bertz CT molecular complexity index is 632. The van der Waals surface area contributed by atoms with Gasteiger partial charge in [-0.15, -0.1) is 0 Å². The fraction of sp³-hybridized carbons (Fsp3) is 0.400. The number of hydrogen-bond donors (Lipinski definition) is 2. The largest absolute Gasteiger partial charge is 0.389 e. The zero-order chi connectivity index (χ0) is 13.6. The molecule has 1 aliphatic heterocycles. The summed E-state index contributed by atoms with van der Waals surface area (Å²) >= 11 is 0. The summed E-state index contributed by atoms with van der Waals surface area (Å²) in [6.45, 7) is 0.446. The molecule has 0 radical (unpaired) electrons. The van der Waals surface area contributed by atoms with Crippen LogP contribution in [-0.4, -0.2) is 50.7 Å². The Morgan fingerprint density at radius 1 is 1.26 bits per heavy atom. The van der Waals surface area contributed by atoms with Crippen LogP contribution in [0.4, 0.5) is 11.4 Å². The highest BCUT2D eigenvalue weighted by Crippen LogP contribution is 2.32. The lowest BCUT2D eigenvalue weighted by Crippen LogP contribution is -2.22. The number of nitro groups is 1. The van der Waals surface area contributed by atoms with E-state index in [0.717, 1.165) is 0 Å². The molecule has 2 heterocycles. The predicted molar refractivity (Wildman–Crippen MR) is 62.7 cm³/mol. The van der Waals surface area contributed by atoms with Crippen LogP contribution in [0.5, 0.6) is 0 Å². The summed E-state index contributed by atoms with van der Waals surface area (Å²) in [5.74, 6) is 0. The van der Waals surface area contributed by atoms with Crippen molar-refractivity contribution in [2.24, 2.45) is 0 Å². The SMILES string of the molecule is O=[N+]([O-])c1ccc(N2CC(O)C(O)C2)c2nonc12. The molecule has 0 saturated carbocycles. The molecule has 3 rings (SSSR count). The van der Waals surface area contributed by atoms with Crippen LogP contribution in [0.25, 0.3) is 11.0 Å². The van der Waals surface area contributed by atoms with Crippen LogP contribution < -0.4 is 4.90 Å². The number of β-amino-alcohol motifs (C(OH)–C–C–N with tert-alkyl or cyclic N) is 2. The Morgan fingerprint density at radius 2 is 1.89 bits per heavy atom. The number of nitro benzene ring substituents is 1. The van der Waals surface area contributed by atoms with Gasteiger partial charge in [0.15, 0.2) is 5.52 Å². The molecule has 0 bridgehead atoms. The molecule has 1 saturated heterocycles. The Labute approximate surface area is 106 Å². The average molecular weight is 266 g/mol. The van der Waals surface area contributed by atoms with E-state index in [-0.39, 0.29) is 29.8 Å². The molecule has 100 valence electrons. The van der Waals surface area contributed by atoms with Gasteiger partial charge in [0.2, 0.25) is 5.52 Å². The zero-order valence-electron chi connectivity index (χ0n) is 9.63. The van der Waals surface area contributed by atoms with E-state index in [1.807, 2.05) is 0 Å². The fourth-order valence-electron chi connectivity index (χ4n) is 2.21. The number of rotatable bonds is 2. The molecule has 0 spiro atoms. The molecule has 19 heavy (non-hydrogen) atoms. The fourth-order valence-corrected chi connectivity index (χ4v) is 2.21. The van der Waals surface area contributed by atoms with Crippen LogP contribution in [0, 0.1) is 10.1 Å². The number of hydrogen-bond acceptors (Lipinski definition) is 8. The average Bonchev–Trinajstić information content (AvgIpc) is 2.95. The topological polar surface area (TPSA) is 126 Å². The first kappa shape index (κ1) is 11.8. The summed E-state index contributed by atoms with van der Waals surface area (Å²) in [7, 11) is 0. The summed E-state index contributed by atoms with van der Waals surface area (Å²) in [5, 5.41) is 37.1. The maximum Gasteiger partial charge on any atom is 0.300 e. The number of fused-ring (bicyclic) bond motifs is 1. The molecule has 0 amide bonds. The number of non-ortho nitro benzene ring substituents is 1. The Kier molecular flexibility index (Phi) is 2.57. The van der Waals surface area contributed by atoms with Crippen LogP contribution in [-0.2, 0) is 0 Å². The zero-order valence-corrected chi connectivity index (χ0v) is 9.63. The summed E-state index contributed by atoms with van der Waals surface area (Å²) in [4.78, 5) is 12.0. The first-order valence-electron chi connectivity index (χ1n) is 5.58. The summed E-state index contributed by atoms with van der Waals surface area (Å²) in [5.41, 5.74) is 0.645. The minimum atomic E-state index is -0.856. The van der Waals surface area contributed by atoms with Crippen LogP contribution in [0.3, 0.4) is 0 Å². The Balaban J connectivity index is 2.09. The van der Waals surface area contributed by atoms with Crippen molar-refractivity contribution < 1.29 is 19.8 Å². The monoisotopic (exact) mass is 266 g/mol. The van der Waals surface area contributed by atoms with Gasteiger partial charge in [-0.05, 0) is 16.4 Å². The van der Waals surface area contributed by atoms with Crippen molar-refractivity contribution >= 4 is 22.4 Å². The number of anilines is 1. The number of aliphatic hydroxyl groups excluding tert-OH is 2. The summed E-state index contributed by atoms with van der Waals surface area (Å²) in [6.07, 6.45) is -1.71. The first-order chi connectivity index (χ1) is 9.08. The highest BCUT2D eigenvalue weighted by Gasteiger charge is 2.32. The van der Waals surface area contributed by atoms with E-state index in [4.69, 9.17) is 0 Å². The third-order valence-electron chi connectivity index (χ3n) is 3.17. The highest BCUT2D eigenvalue weighted by molar-refractivity contribution is 5.93. The number of aromatic nitrogens is 2. The molecule has 0 aliphatic carbocycles. The Hall–Kier alpha value is -2.26. The van der Waals surface area contributed by atoms with E-state index in [2.05, 4.69) is 14.9 Å². The molecule has 1 fully saturated rings. The van der Waals surface area contributed by atoms with Gasteiger partial charge in [-0.2, -0.15) is 0 Å². The van der Waals surface area contributed by atoms with Crippen molar-refractivity contribution in [3.63, 3.8) is 0 Å². The first-order valence-corrected chi connectivity index (χ1v) is 5.58. The standard InChI is InChI=1S/C10H10N4O5/c15-7-3-13(4-8(7)16)5-1-2-6(14(17)18)10-9(5)11-19-12-10/h1-2,7-8,15-16H,3-4H2. The summed E-state index contributed by atoms with van der Waals surface area (Å²) in [6, 6.07) is 2.81. The third kappa shape index (κ3) is 1.79. The van der Waals surface area contributed by atoms with Crippen molar-refractivity contribution in [1.29, 1.82) is 0 Å². The van der Waals surface area contributed by atoms with Crippen molar-refractivity contribution in [2.45, 2.75) is 12.2 Å². The molecule has 1 aromatic heterocycles. The van der Waals surface area contributed by atoms with Crippen LogP contribution in [0.15, 0.2) is 16.8 Å². The number of nitrogens with zero attached hydrogens (tertiary/aromatic N) is 4. The van der Waals surface area contributed by atoms with Gasteiger partial charge >= 0.3 is 5.69 Å². The molecule has 9 heteroatoms. The second-order valence-electron chi connectivity index (χ2n) is 4.36. The van der Waals surface area contributed by atoms with Gasteiger partial charge in [0.05, 0.1) is 22.8 Å². The predicted octanol–water partition coefficient (Wildman–Crippen LogP) is -0.327. The minimum absolute atomic E-state index is 0.0541. The van der Waals surface area contributed by atoms with Crippen molar-refractivity contribution in [1.82, 2.24) is 10.3 Å². The molecule has 2 N–H and O–H groups in total. The quantitative estimate of drug-likeness (QED) is 0.559. The second kappa shape index (κ2) is 4.14. The van der Waals surface area contributed by atoms with E-state index < -0.39 is 17.1 Å². The molecular weight excluding hydrogens is 256 g/mol. The van der Waals surface area contributed by atoms with E-state index >= 15 is 0 Å². The van der Waals surface area contributed by atoms with E-state index in [0.29, 0.717) is 5.69 Å². The van der Waals surface area contributed by atoms with Gasteiger partial charge in [-0.1, -0.05) is 0 Å². The third-order valence-corrected chi connectivity index (χ3v) is 3.17. The lowest BCUT2D eigenvalue weighted by atomic mass is 10.2.